The Kier molecular flexibility index (Phi) is 7.09. The van der Waals surface area contributed by atoms with Gasteiger partial charge in [-0.2, -0.15) is 0 Å². The van der Waals surface area contributed by atoms with Crippen molar-refractivity contribution in [2.45, 2.75) is 19.6 Å². The summed E-state index contributed by atoms with van der Waals surface area (Å²) in [6, 6.07) is 26.7. The Morgan fingerprint density at radius 2 is 1.68 bits per heavy atom. The number of nitrogens with zero attached hydrogens (tertiary/aromatic N) is 1. The van der Waals surface area contributed by atoms with Crippen LogP contribution in [0, 0.1) is 0 Å². The van der Waals surface area contributed by atoms with Crippen molar-refractivity contribution in [1.82, 2.24) is 0 Å². The SMILES string of the molecule is CCOc1cc(C2c3c(oc4ccc(Cl)cc4c3=O)C(=O)N2c2ccc(Br)cc2)ccc1OCc1ccccc1. The minimum absolute atomic E-state index is 0.00936. The molecule has 5 aromatic rings. The van der Waals surface area contributed by atoms with Crippen molar-refractivity contribution in [2.75, 3.05) is 11.5 Å². The molecule has 6 nitrogen and oxygen atoms in total. The molecule has 1 aliphatic heterocycles. The second kappa shape index (κ2) is 10.8. The number of carbonyl (C=O) groups is 1. The van der Waals surface area contributed by atoms with Crippen LogP contribution in [-0.2, 0) is 6.61 Å². The summed E-state index contributed by atoms with van der Waals surface area (Å²) in [6.07, 6.45) is 0. The lowest BCUT2D eigenvalue weighted by atomic mass is 9.97. The zero-order chi connectivity index (χ0) is 27.8. The Labute approximate surface area is 243 Å². The molecule has 0 bridgehead atoms. The number of rotatable bonds is 7. The molecule has 0 spiro atoms. The van der Waals surface area contributed by atoms with Gasteiger partial charge in [-0.25, -0.2) is 0 Å². The number of benzene rings is 4. The zero-order valence-electron chi connectivity index (χ0n) is 21.4. The minimum atomic E-state index is -0.759. The van der Waals surface area contributed by atoms with Gasteiger partial charge < -0.3 is 13.9 Å². The number of halogens is 2. The first-order valence-electron chi connectivity index (χ1n) is 12.7. The van der Waals surface area contributed by atoms with Crippen LogP contribution in [0.1, 0.15) is 40.2 Å². The van der Waals surface area contributed by atoms with E-state index in [0.29, 0.717) is 52.0 Å². The molecule has 0 N–H and O–H groups in total. The Morgan fingerprint density at radius 1 is 0.900 bits per heavy atom. The molecule has 0 aliphatic carbocycles. The van der Waals surface area contributed by atoms with E-state index in [1.807, 2.05) is 79.7 Å². The van der Waals surface area contributed by atoms with Crippen LogP contribution in [0.15, 0.2) is 105 Å². The standard InChI is InChI=1S/C32H23BrClNO5/c1-2-38-27-16-20(8-14-26(27)39-18-19-6-4-3-5-7-19)29-28-30(36)24-17-22(34)11-15-25(24)40-31(28)32(37)35(29)23-12-9-21(33)10-13-23/h3-17,29H,2,18H2,1H3. The zero-order valence-corrected chi connectivity index (χ0v) is 23.7. The van der Waals surface area contributed by atoms with Crippen LogP contribution in [0.5, 0.6) is 11.5 Å². The predicted molar refractivity (Wildman–Crippen MR) is 159 cm³/mol. The second-order valence-electron chi connectivity index (χ2n) is 9.28. The van der Waals surface area contributed by atoms with E-state index in [1.165, 1.54) is 0 Å². The van der Waals surface area contributed by atoms with E-state index in [9.17, 15) is 9.59 Å². The topological polar surface area (TPSA) is 69.0 Å². The van der Waals surface area contributed by atoms with Crippen LogP contribution in [0.4, 0.5) is 5.69 Å². The van der Waals surface area contributed by atoms with Gasteiger partial charge in [-0.05, 0) is 72.6 Å². The fourth-order valence-corrected chi connectivity index (χ4v) is 5.38. The minimum Gasteiger partial charge on any atom is -0.490 e. The number of amides is 1. The maximum absolute atomic E-state index is 13.9. The quantitative estimate of drug-likeness (QED) is 0.186. The van der Waals surface area contributed by atoms with Gasteiger partial charge in [-0.1, -0.05) is 63.9 Å². The van der Waals surface area contributed by atoms with Crippen molar-refractivity contribution >= 4 is 50.1 Å². The third-order valence-electron chi connectivity index (χ3n) is 6.76. The summed E-state index contributed by atoms with van der Waals surface area (Å²) in [5.41, 5.74) is 2.57. The predicted octanol–water partition coefficient (Wildman–Crippen LogP) is 7.94. The van der Waals surface area contributed by atoms with Gasteiger partial charge in [0.15, 0.2) is 16.9 Å². The second-order valence-corrected chi connectivity index (χ2v) is 10.6. The molecular formula is C32H23BrClNO5. The fourth-order valence-electron chi connectivity index (χ4n) is 4.95. The summed E-state index contributed by atoms with van der Waals surface area (Å²) >= 11 is 9.67. The van der Waals surface area contributed by atoms with Gasteiger partial charge in [-0.3, -0.25) is 14.5 Å². The van der Waals surface area contributed by atoms with Gasteiger partial charge in [0.1, 0.15) is 12.2 Å². The molecule has 0 fully saturated rings. The van der Waals surface area contributed by atoms with E-state index in [-0.39, 0.29) is 16.8 Å². The van der Waals surface area contributed by atoms with Gasteiger partial charge in [-0.15, -0.1) is 0 Å². The summed E-state index contributed by atoms with van der Waals surface area (Å²) in [5, 5.41) is 0.721. The Balaban J connectivity index is 1.50. The highest BCUT2D eigenvalue weighted by Gasteiger charge is 2.44. The molecule has 6 rings (SSSR count). The average Bonchev–Trinajstić information content (AvgIpc) is 3.26. The summed E-state index contributed by atoms with van der Waals surface area (Å²) in [6.45, 7) is 2.67. The lowest BCUT2D eigenvalue weighted by molar-refractivity contribution is 0.0971. The lowest BCUT2D eigenvalue weighted by Crippen LogP contribution is -2.29. The molecule has 1 unspecified atom stereocenters. The van der Waals surface area contributed by atoms with Gasteiger partial charge in [0.2, 0.25) is 5.76 Å². The molecule has 1 aromatic heterocycles. The van der Waals surface area contributed by atoms with Crippen LogP contribution in [0.25, 0.3) is 11.0 Å². The number of anilines is 1. The number of ether oxygens (including phenoxy) is 2. The fraction of sp³-hybridized carbons (Fsp3) is 0.125. The van der Waals surface area contributed by atoms with Crippen molar-refractivity contribution in [3.63, 3.8) is 0 Å². The first-order chi connectivity index (χ1) is 19.4. The normalized spacial score (nSPS) is 14.4. The monoisotopic (exact) mass is 615 g/mol. The first kappa shape index (κ1) is 26.2. The maximum Gasteiger partial charge on any atom is 0.295 e. The Bertz CT molecular complexity index is 1790. The molecule has 4 aromatic carbocycles. The molecule has 1 amide bonds. The largest absolute Gasteiger partial charge is 0.490 e. The molecular weight excluding hydrogens is 594 g/mol. The van der Waals surface area contributed by atoms with Crippen molar-refractivity contribution < 1.29 is 18.7 Å². The molecule has 1 atom stereocenters. The van der Waals surface area contributed by atoms with Crippen molar-refractivity contribution in [3.05, 3.63) is 133 Å². The highest BCUT2D eigenvalue weighted by molar-refractivity contribution is 9.10. The number of hydrogen-bond donors (Lipinski definition) is 0. The van der Waals surface area contributed by atoms with Crippen LogP contribution < -0.4 is 19.8 Å². The highest BCUT2D eigenvalue weighted by atomic mass is 79.9. The van der Waals surface area contributed by atoms with E-state index >= 15 is 0 Å². The molecule has 40 heavy (non-hydrogen) atoms. The number of hydrogen-bond acceptors (Lipinski definition) is 5. The lowest BCUT2D eigenvalue weighted by Gasteiger charge is -2.26. The van der Waals surface area contributed by atoms with Crippen LogP contribution >= 0.6 is 27.5 Å². The van der Waals surface area contributed by atoms with Crippen LogP contribution in [-0.4, -0.2) is 12.5 Å². The smallest absolute Gasteiger partial charge is 0.295 e. The van der Waals surface area contributed by atoms with Crippen LogP contribution in [0.3, 0.4) is 0 Å². The van der Waals surface area contributed by atoms with Gasteiger partial charge in [0.25, 0.3) is 5.91 Å². The molecule has 2 heterocycles. The van der Waals surface area contributed by atoms with E-state index < -0.39 is 11.9 Å². The summed E-state index contributed by atoms with van der Waals surface area (Å²) in [7, 11) is 0. The summed E-state index contributed by atoms with van der Waals surface area (Å²) in [5.74, 6) is 0.682. The van der Waals surface area contributed by atoms with E-state index in [2.05, 4.69) is 15.9 Å². The molecule has 200 valence electrons. The third kappa shape index (κ3) is 4.76. The van der Waals surface area contributed by atoms with Crippen molar-refractivity contribution in [2.24, 2.45) is 0 Å². The highest BCUT2D eigenvalue weighted by Crippen LogP contribution is 2.43. The van der Waals surface area contributed by atoms with E-state index in [4.69, 9.17) is 25.5 Å². The van der Waals surface area contributed by atoms with E-state index in [1.54, 1.807) is 23.1 Å². The maximum atomic E-state index is 13.9. The molecule has 0 saturated heterocycles. The molecule has 0 saturated carbocycles. The molecule has 0 radical (unpaired) electrons. The average molecular weight is 617 g/mol. The summed E-state index contributed by atoms with van der Waals surface area (Å²) in [4.78, 5) is 29.4. The molecule has 8 heteroatoms. The van der Waals surface area contributed by atoms with Crippen LogP contribution in [0.2, 0.25) is 5.02 Å². The van der Waals surface area contributed by atoms with Gasteiger partial charge in [0.05, 0.1) is 23.6 Å². The van der Waals surface area contributed by atoms with Crippen molar-refractivity contribution in [3.8, 4) is 11.5 Å². The number of carbonyl (C=O) groups excluding carboxylic acids is 1. The van der Waals surface area contributed by atoms with E-state index in [0.717, 1.165) is 10.0 Å². The summed E-state index contributed by atoms with van der Waals surface area (Å²) < 4.78 is 19.0. The Hall–Kier alpha value is -4.07. The van der Waals surface area contributed by atoms with Gasteiger partial charge in [0, 0.05) is 15.2 Å². The van der Waals surface area contributed by atoms with Gasteiger partial charge >= 0.3 is 0 Å². The Morgan fingerprint density at radius 3 is 2.42 bits per heavy atom. The third-order valence-corrected chi connectivity index (χ3v) is 7.52. The first-order valence-corrected chi connectivity index (χ1v) is 13.9. The molecule has 1 aliphatic rings. The number of fused-ring (bicyclic) bond motifs is 2. The van der Waals surface area contributed by atoms with Crippen molar-refractivity contribution in [1.29, 1.82) is 0 Å².